The van der Waals surface area contributed by atoms with Crippen LogP contribution in [0.4, 0.5) is 0 Å². The summed E-state index contributed by atoms with van der Waals surface area (Å²) in [6.07, 6.45) is 5.64. The zero-order chi connectivity index (χ0) is 15.5. The highest BCUT2D eigenvalue weighted by Gasteiger charge is 1.98. The van der Waals surface area contributed by atoms with Crippen LogP contribution in [0.2, 0.25) is 0 Å². The first-order valence-corrected chi connectivity index (χ1v) is 6.93. The fraction of sp³-hybridized carbons (Fsp3) is 0.375. The van der Waals surface area contributed by atoms with Crippen molar-refractivity contribution in [3.63, 3.8) is 0 Å². The third-order valence-electron chi connectivity index (χ3n) is 2.91. The van der Waals surface area contributed by atoms with Crippen molar-refractivity contribution in [3.05, 3.63) is 35.9 Å². The summed E-state index contributed by atoms with van der Waals surface area (Å²) < 4.78 is 5.05. The Morgan fingerprint density at radius 1 is 1.19 bits per heavy atom. The molecule has 1 rings (SSSR count). The minimum Gasteiger partial charge on any atom is -0.497 e. The number of nitrogens with one attached hydrogen (secondary N) is 1. The highest BCUT2D eigenvalue weighted by molar-refractivity contribution is 5.91. The predicted octanol–water partition coefficient (Wildman–Crippen LogP) is 2.47. The van der Waals surface area contributed by atoms with Crippen LogP contribution in [0.1, 0.15) is 31.2 Å². The second kappa shape index (κ2) is 9.58. The van der Waals surface area contributed by atoms with Gasteiger partial charge in [0.25, 0.3) is 0 Å². The van der Waals surface area contributed by atoms with Gasteiger partial charge in [0.15, 0.2) is 0 Å². The Labute approximate surface area is 124 Å². The summed E-state index contributed by atoms with van der Waals surface area (Å²) in [4.78, 5) is 21.9. The second-order valence-electron chi connectivity index (χ2n) is 4.60. The number of carboxylic acids is 1. The van der Waals surface area contributed by atoms with E-state index in [-0.39, 0.29) is 12.3 Å². The molecule has 0 fully saturated rings. The Bertz CT molecular complexity index is 480. The van der Waals surface area contributed by atoms with E-state index in [1.807, 2.05) is 24.3 Å². The van der Waals surface area contributed by atoms with Crippen LogP contribution in [0, 0.1) is 0 Å². The molecule has 114 valence electrons. The minimum absolute atomic E-state index is 0.149. The van der Waals surface area contributed by atoms with E-state index in [0.717, 1.165) is 24.2 Å². The van der Waals surface area contributed by atoms with E-state index < -0.39 is 5.97 Å². The Morgan fingerprint density at radius 2 is 1.90 bits per heavy atom. The van der Waals surface area contributed by atoms with Crippen molar-refractivity contribution in [2.75, 3.05) is 13.7 Å². The number of hydrogen-bond donors (Lipinski definition) is 2. The smallest absolute Gasteiger partial charge is 0.303 e. The van der Waals surface area contributed by atoms with Crippen LogP contribution in [0.15, 0.2) is 30.3 Å². The fourth-order valence-corrected chi connectivity index (χ4v) is 1.74. The average Bonchev–Trinajstić information content (AvgIpc) is 2.49. The van der Waals surface area contributed by atoms with Gasteiger partial charge in [-0.15, -0.1) is 0 Å². The van der Waals surface area contributed by atoms with E-state index >= 15 is 0 Å². The number of carboxylic acid groups (broad SMARTS) is 1. The van der Waals surface area contributed by atoms with Crippen molar-refractivity contribution in [1.82, 2.24) is 5.32 Å². The number of methoxy groups -OCH3 is 1. The molecule has 0 saturated heterocycles. The summed E-state index contributed by atoms with van der Waals surface area (Å²) >= 11 is 0. The molecule has 0 bridgehead atoms. The van der Waals surface area contributed by atoms with Gasteiger partial charge < -0.3 is 15.2 Å². The third-order valence-corrected chi connectivity index (χ3v) is 2.91. The normalized spacial score (nSPS) is 10.5. The predicted molar refractivity (Wildman–Crippen MR) is 81.1 cm³/mol. The molecule has 5 heteroatoms. The maximum atomic E-state index is 11.6. The molecular formula is C16H21NO4. The maximum Gasteiger partial charge on any atom is 0.303 e. The molecule has 0 unspecified atom stereocenters. The van der Waals surface area contributed by atoms with Crippen LogP contribution in [0.25, 0.3) is 6.08 Å². The SMILES string of the molecule is COc1ccc(/C=C/C(=O)NCCCCCC(=O)O)cc1. The van der Waals surface area contributed by atoms with E-state index in [0.29, 0.717) is 13.0 Å². The monoisotopic (exact) mass is 291 g/mol. The third kappa shape index (κ3) is 7.77. The molecule has 2 N–H and O–H groups in total. The van der Waals surface area contributed by atoms with Gasteiger partial charge in [0.05, 0.1) is 7.11 Å². The van der Waals surface area contributed by atoms with Gasteiger partial charge in [0.1, 0.15) is 5.75 Å². The molecular weight excluding hydrogens is 270 g/mol. The summed E-state index contributed by atoms with van der Waals surface area (Å²) in [5.74, 6) is -0.150. The molecule has 0 spiro atoms. The number of unbranched alkanes of at least 4 members (excludes halogenated alkanes) is 2. The summed E-state index contributed by atoms with van der Waals surface area (Å²) in [6.45, 7) is 0.561. The molecule has 0 radical (unpaired) electrons. The molecule has 21 heavy (non-hydrogen) atoms. The van der Waals surface area contributed by atoms with Gasteiger partial charge in [0, 0.05) is 19.0 Å². The lowest BCUT2D eigenvalue weighted by atomic mass is 10.2. The highest BCUT2D eigenvalue weighted by Crippen LogP contribution is 2.12. The van der Waals surface area contributed by atoms with E-state index in [4.69, 9.17) is 9.84 Å². The van der Waals surface area contributed by atoms with Gasteiger partial charge in [-0.2, -0.15) is 0 Å². The number of rotatable bonds is 9. The Hall–Kier alpha value is -2.30. The van der Waals surface area contributed by atoms with Crippen molar-refractivity contribution in [1.29, 1.82) is 0 Å². The lowest BCUT2D eigenvalue weighted by molar-refractivity contribution is -0.137. The van der Waals surface area contributed by atoms with Gasteiger partial charge in [0.2, 0.25) is 5.91 Å². The molecule has 1 aromatic rings. The van der Waals surface area contributed by atoms with Crippen LogP contribution in [0.5, 0.6) is 5.75 Å². The van der Waals surface area contributed by atoms with E-state index in [1.54, 1.807) is 13.2 Å². The first-order chi connectivity index (χ1) is 10.1. The van der Waals surface area contributed by atoms with Crippen LogP contribution in [-0.2, 0) is 9.59 Å². The Balaban J connectivity index is 2.20. The highest BCUT2D eigenvalue weighted by atomic mass is 16.5. The summed E-state index contributed by atoms with van der Waals surface area (Å²) in [6, 6.07) is 7.41. The lowest BCUT2D eigenvalue weighted by Crippen LogP contribution is -2.22. The quantitative estimate of drug-likeness (QED) is 0.541. The molecule has 1 aromatic carbocycles. The zero-order valence-electron chi connectivity index (χ0n) is 12.2. The van der Waals surface area contributed by atoms with Crippen molar-refractivity contribution < 1.29 is 19.4 Å². The Morgan fingerprint density at radius 3 is 2.52 bits per heavy atom. The van der Waals surface area contributed by atoms with Gasteiger partial charge in [-0.25, -0.2) is 0 Å². The topological polar surface area (TPSA) is 75.6 Å². The van der Waals surface area contributed by atoms with Crippen LogP contribution < -0.4 is 10.1 Å². The van der Waals surface area contributed by atoms with Crippen LogP contribution in [0.3, 0.4) is 0 Å². The molecule has 0 aliphatic heterocycles. The fourth-order valence-electron chi connectivity index (χ4n) is 1.74. The van der Waals surface area contributed by atoms with E-state index in [2.05, 4.69) is 5.32 Å². The number of carbonyl (C=O) groups is 2. The molecule has 0 aliphatic carbocycles. The van der Waals surface area contributed by atoms with Gasteiger partial charge in [-0.3, -0.25) is 9.59 Å². The van der Waals surface area contributed by atoms with Crippen molar-refractivity contribution >= 4 is 18.0 Å². The average molecular weight is 291 g/mol. The Kier molecular flexibility index (Phi) is 7.64. The standard InChI is InChI=1S/C16H21NO4/c1-21-14-9-6-13(7-10-14)8-11-15(18)17-12-4-2-3-5-16(19)20/h6-11H,2-5,12H2,1H3,(H,17,18)(H,19,20)/b11-8+. The van der Waals surface area contributed by atoms with Gasteiger partial charge >= 0.3 is 5.97 Å². The van der Waals surface area contributed by atoms with Crippen molar-refractivity contribution in [3.8, 4) is 5.75 Å². The maximum absolute atomic E-state index is 11.6. The summed E-state index contributed by atoms with van der Waals surface area (Å²) in [5.41, 5.74) is 0.924. The molecule has 0 aliphatic rings. The number of benzene rings is 1. The first-order valence-electron chi connectivity index (χ1n) is 6.93. The van der Waals surface area contributed by atoms with E-state index in [9.17, 15) is 9.59 Å². The molecule has 0 atom stereocenters. The number of hydrogen-bond acceptors (Lipinski definition) is 3. The second-order valence-corrected chi connectivity index (χ2v) is 4.60. The van der Waals surface area contributed by atoms with Gasteiger partial charge in [-0.05, 0) is 36.6 Å². The molecule has 0 heterocycles. The number of amides is 1. The number of carbonyl (C=O) groups excluding carboxylic acids is 1. The van der Waals surface area contributed by atoms with Crippen molar-refractivity contribution in [2.24, 2.45) is 0 Å². The minimum atomic E-state index is -0.776. The van der Waals surface area contributed by atoms with E-state index in [1.165, 1.54) is 6.08 Å². The molecule has 0 saturated carbocycles. The first kappa shape index (κ1) is 16.8. The lowest BCUT2D eigenvalue weighted by Gasteiger charge is -2.02. The van der Waals surface area contributed by atoms with Gasteiger partial charge in [-0.1, -0.05) is 18.6 Å². The molecule has 1 amide bonds. The van der Waals surface area contributed by atoms with Crippen LogP contribution >= 0.6 is 0 Å². The molecule has 5 nitrogen and oxygen atoms in total. The van der Waals surface area contributed by atoms with Crippen LogP contribution in [-0.4, -0.2) is 30.6 Å². The summed E-state index contributed by atoms with van der Waals surface area (Å²) in [5, 5.41) is 11.2. The summed E-state index contributed by atoms with van der Waals surface area (Å²) in [7, 11) is 1.61. The number of ether oxygens (including phenoxy) is 1. The number of aliphatic carboxylic acids is 1. The molecule has 0 aromatic heterocycles. The van der Waals surface area contributed by atoms with Crippen molar-refractivity contribution in [2.45, 2.75) is 25.7 Å². The zero-order valence-corrected chi connectivity index (χ0v) is 12.2. The largest absolute Gasteiger partial charge is 0.497 e.